The SMILES string of the molecule is CN(C)CCNS(=O)(=O)c1cccc(S(=O)(=O)[C@H]2CCS(=O)(=O)C2)c1. The minimum absolute atomic E-state index is 0.0305. The number of benzene rings is 1. The highest BCUT2D eigenvalue weighted by Gasteiger charge is 2.38. The van der Waals surface area contributed by atoms with Gasteiger partial charge < -0.3 is 4.90 Å². The summed E-state index contributed by atoms with van der Waals surface area (Å²) in [6.07, 6.45) is 0.0305. The molecule has 0 bridgehead atoms. The Morgan fingerprint density at radius 2 is 1.80 bits per heavy atom. The predicted octanol–water partition coefficient (Wildman–Crippen LogP) is -0.513. The van der Waals surface area contributed by atoms with Crippen molar-refractivity contribution in [1.82, 2.24) is 9.62 Å². The van der Waals surface area contributed by atoms with E-state index in [0.717, 1.165) is 6.07 Å². The molecule has 1 fully saturated rings. The van der Waals surface area contributed by atoms with Gasteiger partial charge in [0.15, 0.2) is 19.7 Å². The molecule has 0 aliphatic carbocycles. The van der Waals surface area contributed by atoms with Gasteiger partial charge in [0, 0.05) is 13.1 Å². The monoisotopic (exact) mass is 410 g/mol. The van der Waals surface area contributed by atoms with Crippen molar-refractivity contribution in [3.63, 3.8) is 0 Å². The van der Waals surface area contributed by atoms with Gasteiger partial charge in [-0.25, -0.2) is 30.0 Å². The Balaban J connectivity index is 2.26. The molecule has 25 heavy (non-hydrogen) atoms. The third-order valence-electron chi connectivity index (χ3n) is 3.92. The number of hydrogen-bond donors (Lipinski definition) is 1. The molecule has 1 aromatic rings. The number of nitrogens with one attached hydrogen (secondary N) is 1. The van der Waals surface area contributed by atoms with Crippen LogP contribution >= 0.6 is 0 Å². The van der Waals surface area contributed by atoms with Gasteiger partial charge >= 0.3 is 0 Å². The summed E-state index contributed by atoms with van der Waals surface area (Å²) in [5.74, 6) is -0.589. The van der Waals surface area contributed by atoms with Crippen LogP contribution < -0.4 is 4.72 Å². The molecule has 0 spiro atoms. The molecule has 0 radical (unpaired) electrons. The zero-order chi connectivity index (χ0) is 18.9. The van der Waals surface area contributed by atoms with Crippen LogP contribution in [0, 0.1) is 0 Å². The number of nitrogens with zero attached hydrogens (tertiary/aromatic N) is 1. The topological polar surface area (TPSA) is 118 Å². The van der Waals surface area contributed by atoms with Gasteiger partial charge in [0.2, 0.25) is 10.0 Å². The first-order valence-corrected chi connectivity index (χ1v) is 12.5. The van der Waals surface area contributed by atoms with Gasteiger partial charge in [-0.15, -0.1) is 0 Å². The molecular weight excluding hydrogens is 388 g/mol. The van der Waals surface area contributed by atoms with Crippen LogP contribution in [0.1, 0.15) is 6.42 Å². The summed E-state index contributed by atoms with van der Waals surface area (Å²) in [7, 11) is -7.50. The van der Waals surface area contributed by atoms with E-state index >= 15 is 0 Å². The summed E-state index contributed by atoms with van der Waals surface area (Å²) in [5.41, 5.74) is 0. The van der Waals surface area contributed by atoms with E-state index in [-0.39, 0.29) is 28.5 Å². The predicted molar refractivity (Wildman–Crippen MR) is 94.4 cm³/mol. The van der Waals surface area contributed by atoms with Crippen LogP contribution in [-0.2, 0) is 29.7 Å². The fourth-order valence-corrected chi connectivity index (χ4v) is 8.05. The Labute approximate surface area is 149 Å². The van der Waals surface area contributed by atoms with Crippen LogP contribution in [-0.4, -0.2) is 74.1 Å². The molecule has 142 valence electrons. The number of hydrogen-bond acceptors (Lipinski definition) is 7. The van der Waals surface area contributed by atoms with Crippen molar-refractivity contribution in [2.75, 3.05) is 38.7 Å². The minimum atomic E-state index is -3.91. The van der Waals surface area contributed by atoms with E-state index in [1.807, 2.05) is 4.90 Å². The van der Waals surface area contributed by atoms with Crippen molar-refractivity contribution in [3.05, 3.63) is 24.3 Å². The molecule has 1 aromatic carbocycles. The fourth-order valence-electron chi connectivity index (χ4n) is 2.50. The van der Waals surface area contributed by atoms with Crippen LogP contribution in [0.2, 0.25) is 0 Å². The summed E-state index contributed by atoms with van der Waals surface area (Å²) < 4.78 is 75.3. The van der Waals surface area contributed by atoms with Gasteiger partial charge in [-0.1, -0.05) is 6.07 Å². The molecule has 2 rings (SSSR count). The van der Waals surface area contributed by atoms with E-state index in [9.17, 15) is 25.3 Å². The fraction of sp³-hybridized carbons (Fsp3) is 0.571. The first kappa shape index (κ1) is 20.3. The lowest BCUT2D eigenvalue weighted by Crippen LogP contribution is -2.31. The van der Waals surface area contributed by atoms with Crippen LogP contribution in [0.3, 0.4) is 0 Å². The Morgan fingerprint density at radius 3 is 2.36 bits per heavy atom. The third-order valence-corrected chi connectivity index (χ3v) is 9.55. The van der Waals surface area contributed by atoms with Gasteiger partial charge in [-0.05, 0) is 38.7 Å². The number of sulfone groups is 2. The summed E-state index contributed by atoms with van der Waals surface area (Å²) in [6, 6.07) is 5.02. The van der Waals surface area contributed by atoms with Gasteiger partial charge in [0.05, 0.1) is 26.5 Å². The molecule has 1 aliphatic heterocycles. The molecule has 0 amide bonds. The summed E-state index contributed by atoms with van der Waals surface area (Å²) in [4.78, 5) is 1.47. The highest BCUT2D eigenvalue weighted by atomic mass is 32.2. The lowest BCUT2D eigenvalue weighted by molar-refractivity contribution is 0.412. The van der Waals surface area contributed by atoms with Crippen molar-refractivity contribution in [1.29, 1.82) is 0 Å². The highest BCUT2D eigenvalue weighted by molar-refractivity contribution is 7.96. The first-order valence-electron chi connectivity index (χ1n) is 7.63. The van der Waals surface area contributed by atoms with Crippen molar-refractivity contribution in [2.24, 2.45) is 0 Å². The van der Waals surface area contributed by atoms with Crippen molar-refractivity contribution in [2.45, 2.75) is 21.5 Å². The molecule has 1 saturated heterocycles. The number of rotatable bonds is 7. The molecule has 11 heteroatoms. The standard InChI is InChI=1S/C14H22N2O6S3/c1-16(2)8-7-15-25(21,22)13-5-3-4-12(10-13)24(19,20)14-6-9-23(17,18)11-14/h3-5,10,14-15H,6-9,11H2,1-2H3/t14-/m0/s1. The third kappa shape index (κ3) is 5.00. The second kappa shape index (κ2) is 7.31. The van der Waals surface area contributed by atoms with E-state index in [1.165, 1.54) is 18.2 Å². The van der Waals surface area contributed by atoms with Gasteiger partial charge in [0.25, 0.3) is 0 Å². The Morgan fingerprint density at radius 1 is 1.16 bits per heavy atom. The average Bonchev–Trinajstić information content (AvgIpc) is 2.88. The smallest absolute Gasteiger partial charge is 0.240 e. The molecule has 0 saturated carbocycles. The van der Waals surface area contributed by atoms with Crippen molar-refractivity contribution in [3.8, 4) is 0 Å². The molecule has 0 aromatic heterocycles. The van der Waals surface area contributed by atoms with Gasteiger partial charge in [0.1, 0.15) is 0 Å². The lowest BCUT2D eigenvalue weighted by Gasteiger charge is -2.13. The minimum Gasteiger partial charge on any atom is -0.308 e. The molecule has 0 unspecified atom stereocenters. The van der Waals surface area contributed by atoms with Crippen LogP contribution in [0.4, 0.5) is 0 Å². The second-order valence-corrected chi connectivity index (χ2v) is 12.5. The number of likely N-dealkylation sites (N-methyl/N-ethyl adjacent to an activating group) is 1. The van der Waals surface area contributed by atoms with E-state index in [0.29, 0.717) is 6.54 Å². The normalized spacial score (nSPS) is 20.8. The quantitative estimate of drug-likeness (QED) is 0.643. The Bertz CT molecular complexity index is 937. The summed E-state index contributed by atoms with van der Waals surface area (Å²) in [5, 5.41) is -1.03. The number of sulfonamides is 1. The van der Waals surface area contributed by atoms with E-state index in [1.54, 1.807) is 14.1 Å². The zero-order valence-corrected chi connectivity index (χ0v) is 16.5. The molecular formula is C14H22N2O6S3. The maximum absolute atomic E-state index is 12.6. The Kier molecular flexibility index (Phi) is 5.94. The van der Waals surface area contributed by atoms with Crippen LogP contribution in [0.25, 0.3) is 0 Å². The molecule has 8 nitrogen and oxygen atoms in total. The summed E-state index contributed by atoms with van der Waals surface area (Å²) >= 11 is 0. The average molecular weight is 411 g/mol. The molecule has 1 atom stereocenters. The largest absolute Gasteiger partial charge is 0.308 e. The maximum Gasteiger partial charge on any atom is 0.240 e. The lowest BCUT2D eigenvalue weighted by atomic mass is 10.4. The van der Waals surface area contributed by atoms with Crippen LogP contribution in [0.5, 0.6) is 0 Å². The van der Waals surface area contributed by atoms with Gasteiger partial charge in [-0.2, -0.15) is 0 Å². The van der Waals surface area contributed by atoms with E-state index in [2.05, 4.69) is 4.72 Å². The van der Waals surface area contributed by atoms with E-state index < -0.39 is 40.7 Å². The van der Waals surface area contributed by atoms with Crippen molar-refractivity contribution >= 4 is 29.7 Å². The first-order chi connectivity index (χ1) is 11.4. The zero-order valence-electron chi connectivity index (χ0n) is 14.0. The Hall–Kier alpha value is -1.01. The molecule has 1 N–H and O–H groups in total. The highest BCUT2D eigenvalue weighted by Crippen LogP contribution is 2.26. The molecule has 1 heterocycles. The summed E-state index contributed by atoms with van der Waals surface area (Å²) in [6.45, 7) is 0.685. The maximum atomic E-state index is 12.6. The van der Waals surface area contributed by atoms with Crippen LogP contribution in [0.15, 0.2) is 34.1 Å². The van der Waals surface area contributed by atoms with Crippen molar-refractivity contribution < 1.29 is 25.3 Å². The van der Waals surface area contributed by atoms with E-state index in [4.69, 9.17) is 0 Å². The second-order valence-electron chi connectivity index (χ2n) is 6.25. The van der Waals surface area contributed by atoms with Gasteiger partial charge in [-0.3, -0.25) is 0 Å². The molecule has 1 aliphatic rings.